The third kappa shape index (κ3) is 6.08. The summed E-state index contributed by atoms with van der Waals surface area (Å²) in [6, 6.07) is 3.97. The quantitative estimate of drug-likeness (QED) is 0.267. The molecule has 0 aromatic carbocycles. The van der Waals surface area contributed by atoms with Crippen LogP contribution in [0.1, 0.15) is 37.8 Å². The van der Waals surface area contributed by atoms with Crippen molar-refractivity contribution in [1.29, 1.82) is 0 Å². The fraction of sp³-hybridized carbons (Fsp3) is 0.407. The van der Waals surface area contributed by atoms with Crippen LogP contribution in [-0.2, 0) is 6.54 Å². The van der Waals surface area contributed by atoms with Gasteiger partial charge in [-0.25, -0.2) is 14.6 Å². The summed E-state index contributed by atoms with van der Waals surface area (Å²) in [5.41, 5.74) is 9.70. The van der Waals surface area contributed by atoms with Crippen molar-refractivity contribution < 1.29 is 14.6 Å². The van der Waals surface area contributed by atoms with Crippen molar-refractivity contribution in [1.82, 2.24) is 25.1 Å². The Morgan fingerprint density at radius 2 is 2.08 bits per heavy atom. The zero-order valence-electron chi connectivity index (χ0n) is 21.6. The van der Waals surface area contributed by atoms with Crippen LogP contribution >= 0.6 is 0 Å². The Bertz CT molecular complexity index is 1300. The molecule has 0 aliphatic carbocycles. The summed E-state index contributed by atoms with van der Waals surface area (Å²) in [4.78, 5) is 13.5. The number of nitrogens with two attached hydrogens (primary N) is 1. The third-order valence-corrected chi connectivity index (χ3v) is 6.51. The molecule has 4 N–H and O–H groups in total. The van der Waals surface area contributed by atoms with E-state index in [1.54, 1.807) is 35.5 Å². The van der Waals surface area contributed by atoms with Crippen molar-refractivity contribution in [3.63, 3.8) is 0 Å². The molecule has 1 aliphatic heterocycles. The Labute approximate surface area is 216 Å². The van der Waals surface area contributed by atoms with Gasteiger partial charge in [-0.1, -0.05) is 27.4 Å². The molecule has 4 heterocycles. The van der Waals surface area contributed by atoms with Crippen LogP contribution in [0.4, 0.5) is 0 Å². The molecule has 0 fully saturated rings. The highest BCUT2D eigenvalue weighted by Crippen LogP contribution is 2.38. The zero-order valence-corrected chi connectivity index (χ0v) is 21.6. The standard InChI is InChI=1S/C27H35N7O3/c1-5-29-23(20-10-21-14-33-34(15-17(2)16-35)26(21)32-13-20)11-24(28)31-12-18(3)19(4)22-6-7-30-27-25(22)36-8-9-37-27/h5-7,10-11,13-14,17-19,29,35H,1,8-9,12,15-16H2,2-4H3,(H2,28,31)/t17-,18-,19?/m1/s1. The molecule has 3 aromatic heterocycles. The first-order chi connectivity index (χ1) is 17.9. The van der Waals surface area contributed by atoms with Crippen molar-refractivity contribution in [3.05, 3.63) is 60.7 Å². The Balaban J connectivity index is 1.50. The van der Waals surface area contributed by atoms with Gasteiger partial charge in [0, 0.05) is 54.7 Å². The number of fused-ring (bicyclic) bond motifs is 2. The van der Waals surface area contributed by atoms with Crippen molar-refractivity contribution in [2.24, 2.45) is 22.6 Å². The van der Waals surface area contributed by atoms with E-state index >= 15 is 0 Å². The predicted molar refractivity (Wildman–Crippen MR) is 144 cm³/mol. The van der Waals surface area contributed by atoms with E-state index in [1.807, 2.05) is 19.1 Å². The molecule has 3 atom stereocenters. The molecule has 3 aromatic rings. The van der Waals surface area contributed by atoms with Gasteiger partial charge in [0.1, 0.15) is 19.0 Å². The van der Waals surface area contributed by atoms with Crippen molar-refractivity contribution in [2.75, 3.05) is 26.4 Å². The van der Waals surface area contributed by atoms with Gasteiger partial charge in [-0.2, -0.15) is 5.10 Å². The summed E-state index contributed by atoms with van der Waals surface area (Å²) in [5, 5.41) is 17.8. The number of aliphatic hydroxyl groups excluding tert-OH is 1. The largest absolute Gasteiger partial charge is 0.484 e. The molecule has 0 amide bonds. The normalized spacial score (nSPS) is 16.3. The van der Waals surface area contributed by atoms with Crippen LogP contribution in [0.3, 0.4) is 0 Å². The lowest BCUT2D eigenvalue weighted by Crippen LogP contribution is -2.20. The van der Waals surface area contributed by atoms with Gasteiger partial charge in [0.2, 0.25) is 0 Å². The lowest BCUT2D eigenvalue weighted by atomic mass is 9.89. The molecular formula is C27H35N7O3. The molecule has 0 saturated carbocycles. The number of pyridine rings is 2. The molecule has 196 valence electrons. The molecule has 0 saturated heterocycles. The first-order valence-corrected chi connectivity index (χ1v) is 12.5. The highest BCUT2D eigenvalue weighted by atomic mass is 16.6. The number of ether oxygens (including phenoxy) is 2. The molecule has 37 heavy (non-hydrogen) atoms. The van der Waals surface area contributed by atoms with E-state index in [1.165, 1.54) is 0 Å². The molecule has 1 aliphatic rings. The van der Waals surface area contributed by atoms with Gasteiger partial charge in [0.05, 0.1) is 11.9 Å². The second kappa shape index (κ2) is 11.9. The number of hydrogen-bond acceptors (Lipinski definition) is 8. The van der Waals surface area contributed by atoms with Gasteiger partial charge in [-0.05, 0) is 36.1 Å². The van der Waals surface area contributed by atoms with Crippen LogP contribution in [0.5, 0.6) is 11.6 Å². The maximum atomic E-state index is 9.36. The highest BCUT2D eigenvalue weighted by molar-refractivity contribution is 5.98. The number of aliphatic hydroxyl groups is 1. The number of aromatic nitrogens is 4. The lowest BCUT2D eigenvalue weighted by Gasteiger charge is -2.25. The first kappa shape index (κ1) is 26.2. The van der Waals surface area contributed by atoms with E-state index in [4.69, 9.17) is 15.2 Å². The van der Waals surface area contributed by atoms with Gasteiger partial charge in [-0.15, -0.1) is 0 Å². The summed E-state index contributed by atoms with van der Waals surface area (Å²) in [6.07, 6.45) is 8.66. The molecule has 10 heteroatoms. The van der Waals surface area contributed by atoms with Gasteiger partial charge >= 0.3 is 0 Å². The van der Waals surface area contributed by atoms with Crippen LogP contribution in [0.2, 0.25) is 0 Å². The molecule has 4 rings (SSSR count). The van der Waals surface area contributed by atoms with Crippen molar-refractivity contribution >= 4 is 22.6 Å². The fourth-order valence-electron chi connectivity index (χ4n) is 4.16. The monoisotopic (exact) mass is 505 g/mol. The lowest BCUT2D eigenvalue weighted by molar-refractivity contribution is 0.161. The van der Waals surface area contributed by atoms with Gasteiger partial charge in [0.15, 0.2) is 11.4 Å². The average Bonchev–Trinajstić information content (AvgIpc) is 3.32. The molecule has 1 unspecified atom stereocenters. The van der Waals surface area contributed by atoms with E-state index in [2.05, 4.69) is 45.8 Å². The van der Waals surface area contributed by atoms with E-state index in [0.717, 1.165) is 33.6 Å². The average molecular weight is 506 g/mol. The summed E-state index contributed by atoms with van der Waals surface area (Å²) in [5.74, 6) is 2.12. The summed E-state index contributed by atoms with van der Waals surface area (Å²) >= 11 is 0. The highest BCUT2D eigenvalue weighted by Gasteiger charge is 2.24. The van der Waals surface area contributed by atoms with E-state index < -0.39 is 0 Å². The Morgan fingerprint density at radius 1 is 1.27 bits per heavy atom. The van der Waals surface area contributed by atoms with Crippen LogP contribution in [0.25, 0.3) is 16.7 Å². The minimum Gasteiger partial charge on any atom is -0.484 e. The van der Waals surface area contributed by atoms with E-state index in [9.17, 15) is 5.11 Å². The molecular weight excluding hydrogens is 470 g/mol. The van der Waals surface area contributed by atoms with E-state index in [0.29, 0.717) is 38.0 Å². The number of rotatable bonds is 11. The fourth-order valence-corrected chi connectivity index (χ4v) is 4.16. The topological polar surface area (TPSA) is 133 Å². The predicted octanol–water partition coefficient (Wildman–Crippen LogP) is 3.10. The summed E-state index contributed by atoms with van der Waals surface area (Å²) in [7, 11) is 0. The van der Waals surface area contributed by atoms with Crippen LogP contribution in [0.15, 0.2) is 54.6 Å². The van der Waals surface area contributed by atoms with Gasteiger partial charge in [-0.3, -0.25) is 4.99 Å². The van der Waals surface area contributed by atoms with Crippen molar-refractivity contribution in [3.8, 4) is 11.6 Å². The smallest absolute Gasteiger partial charge is 0.257 e. The molecule has 10 nitrogen and oxygen atoms in total. The number of aliphatic imine (C=N–C) groups is 1. The molecule has 0 bridgehead atoms. The molecule has 0 radical (unpaired) electrons. The second-order valence-electron chi connectivity index (χ2n) is 9.42. The van der Waals surface area contributed by atoms with Gasteiger partial charge < -0.3 is 25.6 Å². The van der Waals surface area contributed by atoms with Crippen molar-refractivity contribution in [2.45, 2.75) is 33.2 Å². The maximum Gasteiger partial charge on any atom is 0.257 e. The zero-order chi connectivity index (χ0) is 26.4. The van der Waals surface area contributed by atoms with Gasteiger partial charge in [0.25, 0.3) is 5.88 Å². The number of amidine groups is 1. The number of nitrogens with one attached hydrogen (secondary N) is 1. The van der Waals surface area contributed by atoms with Crippen LogP contribution in [-0.4, -0.2) is 57.1 Å². The number of nitrogens with zero attached hydrogens (tertiary/aromatic N) is 5. The molecule has 0 spiro atoms. The first-order valence-electron chi connectivity index (χ1n) is 12.5. The Hall–Kier alpha value is -3.92. The van der Waals surface area contributed by atoms with Crippen LogP contribution < -0.4 is 20.5 Å². The minimum atomic E-state index is 0.0911. The third-order valence-electron chi connectivity index (χ3n) is 6.51. The number of hydrogen-bond donors (Lipinski definition) is 3. The Morgan fingerprint density at radius 3 is 2.86 bits per heavy atom. The Kier molecular flexibility index (Phi) is 8.39. The summed E-state index contributed by atoms with van der Waals surface area (Å²) < 4.78 is 13.3. The van der Waals surface area contributed by atoms with E-state index in [-0.39, 0.29) is 24.4 Å². The summed E-state index contributed by atoms with van der Waals surface area (Å²) in [6.45, 7) is 12.3. The second-order valence-corrected chi connectivity index (χ2v) is 9.42. The maximum absolute atomic E-state index is 9.36. The SMILES string of the molecule is C=CNC(=CC(N)=NC[C@@H](C)C(C)c1ccnc2c1OCCO2)c1cnc2c(cnn2C[C@@H](C)CO)c1. The minimum absolute atomic E-state index is 0.0911. The van der Waals surface area contributed by atoms with Crippen LogP contribution in [0, 0.1) is 11.8 Å².